The van der Waals surface area contributed by atoms with Crippen LogP contribution in [0, 0.1) is 0 Å². The summed E-state index contributed by atoms with van der Waals surface area (Å²) in [6.45, 7) is 4.74. The number of nitrogens with two attached hydrogens (primary N) is 1. The van der Waals surface area contributed by atoms with E-state index in [1.165, 1.54) is 11.6 Å². The zero-order valence-electron chi connectivity index (χ0n) is 10.8. The molecule has 0 aliphatic rings. The Morgan fingerprint density at radius 3 is 2.44 bits per heavy atom. The number of ether oxygens (including phenoxy) is 1. The first-order valence-electron chi connectivity index (χ1n) is 5.81. The monoisotopic (exact) mass is 269 g/mol. The van der Waals surface area contributed by atoms with Crippen LogP contribution in [0.15, 0.2) is 30.3 Å². The van der Waals surface area contributed by atoms with Gasteiger partial charge in [-0.05, 0) is 43.5 Å². The van der Waals surface area contributed by atoms with E-state index in [0.717, 1.165) is 17.6 Å². The maximum atomic E-state index is 11.3. The molecule has 100 valence electrons. The summed E-state index contributed by atoms with van der Waals surface area (Å²) in [5.74, 6) is -0.295. The molecule has 0 atom stereocenters. The van der Waals surface area contributed by atoms with Crippen molar-refractivity contribution in [1.82, 2.24) is 0 Å². The molecule has 1 aromatic rings. The highest BCUT2D eigenvalue weighted by molar-refractivity contribution is 5.90. The molecule has 4 heteroatoms. The second kappa shape index (κ2) is 8.72. The van der Waals surface area contributed by atoms with E-state index in [-0.39, 0.29) is 18.4 Å². The molecular formula is C14H20ClNO2. The van der Waals surface area contributed by atoms with Crippen molar-refractivity contribution < 1.29 is 9.53 Å². The minimum Gasteiger partial charge on any atom is -0.463 e. The Labute approximate surface area is 114 Å². The predicted molar refractivity (Wildman–Crippen MR) is 76.7 cm³/mol. The van der Waals surface area contributed by atoms with Crippen LogP contribution in [0.3, 0.4) is 0 Å². The van der Waals surface area contributed by atoms with E-state index in [0.29, 0.717) is 13.2 Å². The number of hydrogen-bond acceptors (Lipinski definition) is 3. The molecule has 0 heterocycles. The highest BCUT2D eigenvalue weighted by atomic mass is 35.5. The average Bonchev–Trinajstić information content (AvgIpc) is 2.30. The van der Waals surface area contributed by atoms with Crippen LogP contribution in [0.1, 0.15) is 25.0 Å². The molecule has 0 aliphatic carbocycles. The lowest BCUT2D eigenvalue weighted by molar-refractivity contribution is -0.137. The number of allylic oxidation sites excluding steroid dienone is 1. The number of carbonyl (C=O) groups is 1. The minimum atomic E-state index is -0.295. The number of benzene rings is 1. The zero-order valence-corrected chi connectivity index (χ0v) is 11.6. The smallest absolute Gasteiger partial charge is 0.331 e. The molecule has 0 aromatic heterocycles. The molecule has 0 saturated carbocycles. The third kappa shape index (κ3) is 5.34. The largest absolute Gasteiger partial charge is 0.463 e. The lowest BCUT2D eigenvalue weighted by Crippen LogP contribution is -2.02. The maximum absolute atomic E-state index is 11.3. The number of esters is 1. The van der Waals surface area contributed by atoms with Gasteiger partial charge in [0.25, 0.3) is 0 Å². The molecule has 0 aliphatic heterocycles. The third-order valence-electron chi connectivity index (χ3n) is 2.46. The Morgan fingerprint density at radius 1 is 1.33 bits per heavy atom. The lowest BCUT2D eigenvalue weighted by atomic mass is 10.0. The van der Waals surface area contributed by atoms with Gasteiger partial charge in [0.15, 0.2) is 0 Å². The van der Waals surface area contributed by atoms with E-state index in [1.54, 1.807) is 6.92 Å². The first kappa shape index (κ1) is 16.7. The Hall–Kier alpha value is -1.32. The molecule has 0 amide bonds. The van der Waals surface area contributed by atoms with E-state index < -0.39 is 0 Å². The van der Waals surface area contributed by atoms with Gasteiger partial charge in [0.05, 0.1) is 6.61 Å². The number of hydrogen-bond donors (Lipinski definition) is 1. The van der Waals surface area contributed by atoms with Gasteiger partial charge in [0, 0.05) is 6.08 Å². The normalized spacial score (nSPS) is 10.7. The van der Waals surface area contributed by atoms with Crippen molar-refractivity contribution in [2.75, 3.05) is 13.2 Å². The van der Waals surface area contributed by atoms with E-state index in [4.69, 9.17) is 10.5 Å². The van der Waals surface area contributed by atoms with E-state index in [9.17, 15) is 4.79 Å². The quantitative estimate of drug-likeness (QED) is 0.660. The lowest BCUT2D eigenvalue weighted by Gasteiger charge is -2.04. The summed E-state index contributed by atoms with van der Waals surface area (Å²) < 4.78 is 4.86. The van der Waals surface area contributed by atoms with Crippen LogP contribution in [0.5, 0.6) is 0 Å². The third-order valence-corrected chi connectivity index (χ3v) is 2.46. The molecule has 3 nitrogen and oxygen atoms in total. The van der Waals surface area contributed by atoms with Crippen LogP contribution in [0.25, 0.3) is 5.57 Å². The average molecular weight is 270 g/mol. The predicted octanol–water partition coefficient (Wildman–Crippen LogP) is 2.58. The van der Waals surface area contributed by atoms with Crippen molar-refractivity contribution in [3.05, 3.63) is 41.5 Å². The molecular weight excluding hydrogens is 250 g/mol. The minimum absolute atomic E-state index is 0. The van der Waals surface area contributed by atoms with Crippen LogP contribution >= 0.6 is 12.4 Å². The fraction of sp³-hybridized carbons (Fsp3) is 0.357. The van der Waals surface area contributed by atoms with Gasteiger partial charge in [-0.1, -0.05) is 24.3 Å². The molecule has 0 fully saturated rings. The van der Waals surface area contributed by atoms with E-state index >= 15 is 0 Å². The van der Waals surface area contributed by atoms with Crippen molar-refractivity contribution in [2.45, 2.75) is 20.3 Å². The SMILES string of the molecule is CCOC(=O)C=C(C)c1ccc(CCN)cc1.Cl. The van der Waals surface area contributed by atoms with Crippen molar-refractivity contribution >= 4 is 23.9 Å². The summed E-state index contributed by atoms with van der Waals surface area (Å²) >= 11 is 0. The van der Waals surface area contributed by atoms with E-state index in [2.05, 4.69) is 0 Å². The van der Waals surface area contributed by atoms with E-state index in [1.807, 2.05) is 31.2 Å². The van der Waals surface area contributed by atoms with Gasteiger partial charge < -0.3 is 10.5 Å². The molecule has 0 bridgehead atoms. The maximum Gasteiger partial charge on any atom is 0.331 e. The molecule has 2 N–H and O–H groups in total. The van der Waals surface area contributed by atoms with Crippen molar-refractivity contribution in [3.63, 3.8) is 0 Å². The first-order valence-corrected chi connectivity index (χ1v) is 5.81. The van der Waals surface area contributed by atoms with Gasteiger partial charge in [-0.3, -0.25) is 0 Å². The molecule has 0 saturated heterocycles. The van der Waals surface area contributed by atoms with Crippen LogP contribution in [0.2, 0.25) is 0 Å². The van der Waals surface area contributed by atoms with Crippen LogP contribution in [-0.4, -0.2) is 19.1 Å². The van der Waals surface area contributed by atoms with Gasteiger partial charge >= 0.3 is 5.97 Å². The fourth-order valence-electron chi connectivity index (χ4n) is 1.55. The van der Waals surface area contributed by atoms with Crippen LogP contribution in [0.4, 0.5) is 0 Å². The number of carbonyl (C=O) groups excluding carboxylic acids is 1. The molecule has 18 heavy (non-hydrogen) atoms. The number of halogens is 1. The summed E-state index contributed by atoms with van der Waals surface area (Å²) in [4.78, 5) is 11.3. The van der Waals surface area contributed by atoms with Gasteiger partial charge in [-0.2, -0.15) is 0 Å². The number of rotatable bonds is 5. The fourth-order valence-corrected chi connectivity index (χ4v) is 1.55. The van der Waals surface area contributed by atoms with Crippen LogP contribution < -0.4 is 5.73 Å². The second-order valence-corrected chi connectivity index (χ2v) is 3.81. The Balaban J connectivity index is 0.00000289. The standard InChI is InChI=1S/C14H19NO2.ClH/c1-3-17-14(16)10-11(2)13-6-4-12(5-7-13)8-9-15;/h4-7,10H,3,8-9,15H2,1-2H3;1H. The van der Waals surface area contributed by atoms with Crippen molar-refractivity contribution in [1.29, 1.82) is 0 Å². The molecule has 0 spiro atoms. The Morgan fingerprint density at radius 2 is 1.94 bits per heavy atom. The molecule has 1 aromatic carbocycles. The van der Waals surface area contributed by atoms with Gasteiger partial charge in [0.1, 0.15) is 0 Å². The first-order chi connectivity index (χ1) is 8.17. The van der Waals surface area contributed by atoms with Crippen LogP contribution in [-0.2, 0) is 16.0 Å². The topological polar surface area (TPSA) is 52.3 Å². The van der Waals surface area contributed by atoms with Gasteiger partial charge in [-0.25, -0.2) is 4.79 Å². The Bertz CT molecular complexity index is 399. The summed E-state index contributed by atoms with van der Waals surface area (Å²) in [7, 11) is 0. The highest BCUT2D eigenvalue weighted by Crippen LogP contribution is 2.14. The summed E-state index contributed by atoms with van der Waals surface area (Å²) in [5.41, 5.74) is 8.63. The Kier molecular flexibility index (Phi) is 8.08. The van der Waals surface area contributed by atoms with Crippen molar-refractivity contribution in [2.24, 2.45) is 5.73 Å². The molecule has 1 rings (SSSR count). The summed E-state index contributed by atoms with van der Waals surface area (Å²) in [6, 6.07) is 8.06. The van der Waals surface area contributed by atoms with Gasteiger partial charge in [0.2, 0.25) is 0 Å². The second-order valence-electron chi connectivity index (χ2n) is 3.81. The summed E-state index contributed by atoms with van der Waals surface area (Å²) in [6.07, 6.45) is 2.39. The van der Waals surface area contributed by atoms with Gasteiger partial charge in [-0.15, -0.1) is 12.4 Å². The van der Waals surface area contributed by atoms with Crippen molar-refractivity contribution in [3.8, 4) is 0 Å². The molecule has 0 radical (unpaired) electrons. The summed E-state index contributed by atoms with van der Waals surface area (Å²) in [5, 5.41) is 0. The zero-order chi connectivity index (χ0) is 12.7. The molecule has 0 unspecified atom stereocenters. The highest BCUT2D eigenvalue weighted by Gasteiger charge is 2.01.